The number of methoxy groups -OCH3 is 1. The number of carbonyl (C=O) groups excluding carboxylic acids is 1. The molecule has 0 amide bonds. The molecule has 0 heterocycles. The first-order chi connectivity index (χ1) is 12.6. The topological polar surface area (TPSA) is 66.0 Å². The van der Waals surface area contributed by atoms with Gasteiger partial charge in [-0.3, -0.25) is 14.7 Å². The molecule has 0 saturated heterocycles. The van der Waals surface area contributed by atoms with Gasteiger partial charge in [-0.15, -0.1) is 24.0 Å². The fourth-order valence-corrected chi connectivity index (χ4v) is 2.84. The molecule has 0 saturated carbocycles. The van der Waals surface area contributed by atoms with Gasteiger partial charge in [0.25, 0.3) is 0 Å². The molecule has 0 aliphatic carbocycles. The highest BCUT2D eigenvalue weighted by Crippen LogP contribution is 2.19. The monoisotopic (exact) mass is 490 g/mol. The largest absolute Gasteiger partial charge is 0.469 e. The molecule has 0 radical (unpaired) electrons. The summed E-state index contributed by atoms with van der Waals surface area (Å²) >= 11 is 0. The van der Waals surface area contributed by atoms with E-state index in [1.54, 1.807) is 0 Å². The minimum Gasteiger partial charge on any atom is -0.469 e. The molecule has 7 heteroatoms. The van der Waals surface area contributed by atoms with E-state index in [1.807, 2.05) is 19.9 Å². The predicted octanol–water partition coefficient (Wildman–Crippen LogP) is 3.05. The number of carbonyl (C=O) groups is 1. The molecule has 2 unspecified atom stereocenters. The summed E-state index contributed by atoms with van der Waals surface area (Å²) in [7, 11) is 1.40. The molecular weight excluding hydrogens is 455 g/mol. The van der Waals surface area contributed by atoms with E-state index in [-0.39, 0.29) is 41.9 Å². The molecule has 2 N–H and O–H groups in total. The quantitative estimate of drug-likeness (QED) is 0.229. The van der Waals surface area contributed by atoms with Crippen LogP contribution in [0.15, 0.2) is 35.3 Å². The van der Waals surface area contributed by atoms with E-state index in [0.29, 0.717) is 6.54 Å². The summed E-state index contributed by atoms with van der Waals surface area (Å²) in [4.78, 5) is 18.5. The van der Waals surface area contributed by atoms with Crippen LogP contribution < -0.4 is 10.6 Å². The molecule has 27 heavy (non-hydrogen) atoms. The Bertz CT molecular complexity index is 550. The lowest BCUT2D eigenvalue weighted by atomic mass is 10.1. The van der Waals surface area contributed by atoms with E-state index in [9.17, 15) is 4.79 Å². The highest BCUT2D eigenvalue weighted by atomic mass is 127. The number of hydrogen-bond acceptors (Lipinski definition) is 4. The molecule has 0 spiro atoms. The van der Waals surface area contributed by atoms with Gasteiger partial charge in [0.05, 0.1) is 25.6 Å². The van der Waals surface area contributed by atoms with Crippen molar-refractivity contribution in [1.29, 1.82) is 0 Å². The van der Waals surface area contributed by atoms with Gasteiger partial charge in [-0.05, 0) is 25.6 Å². The number of hydrogen-bond donors (Lipinski definition) is 2. The van der Waals surface area contributed by atoms with Gasteiger partial charge in [0.2, 0.25) is 0 Å². The van der Waals surface area contributed by atoms with Crippen LogP contribution in [0.25, 0.3) is 0 Å². The fraction of sp³-hybridized carbons (Fsp3) is 0.600. The van der Waals surface area contributed by atoms with Gasteiger partial charge in [0, 0.05) is 13.1 Å². The highest BCUT2D eigenvalue weighted by Gasteiger charge is 2.18. The molecule has 154 valence electrons. The summed E-state index contributed by atoms with van der Waals surface area (Å²) < 4.78 is 4.77. The average Bonchev–Trinajstić information content (AvgIpc) is 2.68. The zero-order chi connectivity index (χ0) is 19.4. The van der Waals surface area contributed by atoms with E-state index in [1.165, 1.54) is 12.7 Å². The maximum absolute atomic E-state index is 11.6. The minimum absolute atomic E-state index is 0. The Balaban J connectivity index is 0.00000676. The summed E-state index contributed by atoms with van der Waals surface area (Å²) in [6.07, 6.45) is 0. The smallest absolute Gasteiger partial charge is 0.310 e. The number of halogens is 1. The van der Waals surface area contributed by atoms with E-state index in [4.69, 9.17) is 4.74 Å². The number of benzene rings is 1. The number of likely N-dealkylation sites (N-methyl/N-ethyl adjacent to an activating group) is 1. The average molecular weight is 490 g/mol. The Labute approximate surface area is 181 Å². The van der Waals surface area contributed by atoms with Crippen LogP contribution in [-0.2, 0) is 9.53 Å². The van der Waals surface area contributed by atoms with Crippen molar-refractivity contribution in [3.8, 4) is 0 Å². The van der Waals surface area contributed by atoms with E-state index in [2.05, 4.69) is 58.6 Å². The summed E-state index contributed by atoms with van der Waals surface area (Å²) in [5.74, 6) is 0.217. The van der Waals surface area contributed by atoms with Crippen LogP contribution in [0.1, 0.15) is 39.3 Å². The SMILES string of the molecule is CCNC(=NCC(C)C(=O)OC)NCC(c1ccccc1)N(CC)CC.I. The molecule has 1 aromatic carbocycles. The predicted molar refractivity (Wildman–Crippen MR) is 123 cm³/mol. The first-order valence-corrected chi connectivity index (χ1v) is 9.46. The Morgan fingerprint density at radius 2 is 1.78 bits per heavy atom. The van der Waals surface area contributed by atoms with Crippen molar-refractivity contribution >= 4 is 35.9 Å². The number of esters is 1. The third-order valence-electron chi connectivity index (χ3n) is 4.37. The van der Waals surface area contributed by atoms with Gasteiger partial charge in [-0.2, -0.15) is 0 Å². The van der Waals surface area contributed by atoms with Crippen LogP contribution in [0.4, 0.5) is 0 Å². The van der Waals surface area contributed by atoms with Gasteiger partial charge in [0.15, 0.2) is 5.96 Å². The van der Waals surface area contributed by atoms with Crippen LogP contribution >= 0.6 is 24.0 Å². The van der Waals surface area contributed by atoms with Gasteiger partial charge < -0.3 is 15.4 Å². The van der Waals surface area contributed by atoms with Crippen LogP contribution in [0.3, 0.4) is 0 Å². The molecule has 0 aromatic heterocycles. The lowest BCUT2D eigenvalue weighted by molar-refractivity contribution is -0.144. The number of guanidine groups is 1. The lowest BCUT2D eigenvalue weighted by Gasteiger charge is -2.30. The van der Waals surface area contributed by atoms with Crippen molar-refractivity contribution in [3.63, 3.8) is 0 Å². The summed E-state index contributed by atoms with van der Waals surface area (Å²) in [6.45, 7) is 12.1. The Hall–Kier alpha value is -1.35. The minimum atomic E-state index is -0.261. The first-order valence-electron chi connectivity index (χ1n) is 9.46. The fourth-order valence-electron chi connectivity index (χ4n) is 2.84. The Morgan fingerprint density at radius 1 is 1.15 bits per heavy atom. The second-order valence-corrected chi connectivity index (χ2v) is 6.17. The number of aliphatic imine (C=N–C) groups is 1. The number of nitrogens with one attached hydrogen (secondary N) is 2. The third-order valence-corrected chi connectivity index (χ3v) is 4.37. The van der Waals surface area contributed by atoms with E-state index in [0.717, 1.165) is 32.1 Å². The summed E-state index contributed by atoms with van der Waals surface area (Å²) in [6, 6.07) is 10.8. The van der Waals surface area contributed by atoms with Crippen molar-refractivity contribution in [3.05, 3.63) is 35.9 Å². The van der Waals surface area contributed by atoms with Crippen LogP contribution in [-0.4, -0.2) is 56.7 Å². The number of ether oxygens (including phenoxy) is 1. The molecular formula is C20H35IN4O2. The number of rotatable bonds is 10. The molecule has 0 aliphatic heterocycles. The van der Waals surface area contributed by atoms with E-state index < -0.39 is 0 Å². The molecule has 2 atom stereocenters. The lowest BCUT2D eigenvalue weighted by Crippen LogP contribution is -2.43. The van der Waals surface area contributed by atoms with E-state index >= 15 is 0 Å². The molecule has 6 nitrogen and oxygen atoms in total. The van der Waals surface area contributed by atoms with Crippen molar-refractivity contribution in [2.45, 2.75) is 33.7 Å². The van der Waals surface area contributed by atoms with Gasteiger partial charge >= 0.3 is 5.97 Å². The van der Waals surface area contributed by atoms with Crippen LogP contribution in [0, 0.1) is 5.92 Å². The highest BCUT2D eigenvalue weighted by molar-refractivity contribution is 14.0. The van der Waals surface area contributed by atoms with Crippen molar-refractivity contribution in [2.75, 3.05) is 39.8 Å². The summed E-state index contributed by atoms with van der Waals surface area (Å²) in [5, 5.41) is 6.67. The molecule has 0 aliphatic rings. The van der Waals surface area contributed by atoms with Gasteiger partial charge in [-0.25, -0.2) is 0 Å². The maximum atomic E-state index is 11.6. The molecule has 0 fully saturated rings. The zero-order valence-corrected chi connectivity index (χ0v) is 19.5. The van der Waals surface area contributed by atoms with Crippen molar-refractivity contribution < 1.29 is 9.53 Å². The van der Waals surface area contributed by atoms with Crippen molar-refractivity contribution in [2.24, 2.45) is 10.9 Å². The number of nitrogens with zero attached hydrogens (tertiary/aromatic N) is 2. The summed E-state index contributed by atoms with van der Waals surface area (Å²) in [5.41, 5.74) is 1.28. The third kappa shape index (κ3) is 8.92. The Kier molecular flexibility index (Phi) is 13.9. The molecule has 1 rings (SSSR count). The molecule has 1 aromatic rings. The van der Waals surface area contributed by atoms with Crippen LogP contribution in [0.2, 0.25) is 0 Å². The van der Waals surface area contributed by atoms with Crippen LogP contribution in [0.5, 0.6) is 0 Å². The van der Waals surface area contributed by atoms with Gasteiger partial charge in [0.1, 0.15) is 0 Å². The molecule has 0 bridgehead atoms. The zero-order valence-electron chi connectivity index (χ0n) is 17.2. The normalized spacial score (nSPS) is 13.5. The van der Waals surface area contributed by atoms with Gasteiger partial charge in [-0.1, -0.05) is 51.1 Å². The first kappa shape index (κ1) is 25.6. The van der Waals surface area contributed by atoms with Crippen molar-refractivity contribution in [1.82, 2.24) is 15.5 Å². The second-order valence-electron chi connectivity index (χ2n) is 6.17. The second kappa shape index (κ2) is 14.7. The Morgan fingerprint density at radius 3 is 2.30 bits per heavy atom. The standard InChI is InChI=1S/C20H34N4O2.HI/c1-6-21-20(22-14-16(4)19(25)26-5)23-15-18(24(7-2)8-3)17-12-10-9-11-13-17;/h9-13,16,18H,6-8,14-15H2,1-5H3,(H2,21,22,23);1H. The maximum Gasteiger partial charge on any atom is 0.310 e.